The minimum atomic E-state index is 0.138. The second-order valence-electron chi connectivity index (χ2n) is 5.69. The van der Waals surface area contributed by atoms with Crippen LogP contribution in [0.5, 0.6) is 5.75 Å². The van der Waals surface area contributed by atoms with E-state index in [9.17, 15) is 0 Å². The fraction of sp³-hybridized carbons (Fsp3) is 0.647. The minimum absolute atomic E-state index is 0.138. The predicted molar refractivity (Wildman–Crippen MR) is 88.5 cm³/mol. The van der Waals surface area contributed by atoms with Crippen LogP contribution in [0.2, 0.25) is 0 Å². The number of hydrogen-bond donors (Lipinski definition) is 2. The Hall–Kier alpha value is -1.38. The number of rotatable bonds is 9. The molecule has 3 nitrogen and oxygen atoms in total. The smallest absolute Gasteiger partial charge is 0.144 e. The van der Waals surface area contributed by atoms with Crippen LogP contribution in [0, 0.1) is 0 Å². The van der Waals surface area contributed by atoms with Crippen LogP contribution in [-0.4, -0.2) is 12.1 Å². The van der Waals surface area contributed by atoms with Gasteiger partial charge in [0.15, 0.2) is 0 Å². The van der Waals surface area contributed by atoms with Crippen molar-refractivity contribution in [3.05, 3.63) is 18.2 Å². The first-order valence-electron chi connectivity index (χ1n) is 7.89. The molecule has 20 heavy (non-hydrogen) atoms. The Morgan fingerprint density at radius 3 is 2.50 bits per heavy atom. The lowest BCUT2D eigenvalue weighted by Gasteiger charge is -2.20. The highest BCUT2D eigenvalue weighted by molar-refractivity contribution is 5.61. The third-order valence-corrected chi connectivity index (χ3v) is 3.29. The van der Waals surface area contributed by atoms with Gasteiger partial charge in [0, 0.05) is 17.8 Å². The highest BCUT2D eigenvalue weighted by Crippen LogP contribution is 2.27. The average Bonchev–Trinajstić information content (AvgIpc) is 2.39. The summed E-state index contributed by atoms with van der Waals surface area (Å²) < 4.78 is 5.74. The van der Waals surface area contributed by atoms with Gasteiger partial charge in [0.05, 0.1) is 11.8 Å². The Labute approximate surface area is 123 Å². The second-order valence-corrected chi connectivity index (χ2v) is 5.69. The SMILES string of the molecule is CCCCC(CCC)Nc1ccc(N)c(OC(C)C)c1. The van der Waals surface area contributed by atoms with Crippen LogP contribution in [-0.2, 0) is 0 Å². The van der Waals surface area contributed by atoms with E-state index >= 15 is 0 Å². The summed E-state index contributed by atoms with van der Waals surface area (Å²) in [5.41, 5.74) is 7.75. The molecular weight excluding hydrogens is 248 g/mol. The number of hydrogen-bond acceptors (Lipinski definition) is 3. The first kappa shape index (κ1) is 16.7. The van der Waals surface area contributed by atoms with Gasteiger partial charge in [-0.3, -0.25) is 0 Å². The molecule has 0 aromatic heterocycles. The van der Waals surface area contributed by atoms with Crippen molar-refractivity contribution in [2.75, 3.05) is 11.1 Å². The molecule has 0 aliphatic heterocycles. The summed E-state index contributed by atoms with van der Waals surface area (Å²) in [7, 11) is 0. The first-order chi connectivity index (χ1) is 9.56. The Morgan fingerprint density at radius 1 is 1.15 bits per heavy atom. The fourth-order valence-electron chi connectivity index (χ4n) is 2.30. The van der Waals surface area contributed by atoms with Crippen molar-refractivity contribution >= 4 is 11.4 Å². The quantitative estimate of drug-likeness (QED) is 0.636. The highest BCUT2D eigenvalue weighted by Gasteiger charge is 2.09. The van der Waals surface area contributed by atoms with Gasteiger partial charge >= 0.3 is 0 Å². The van der Waals surface area contributed by atoms with E-state index in [1.54, 1.807) is 0 Å². The zero-order valence-electron chi connectivity index (χ0n) is 13.4. The van der Waals surface area contributed by atoms with Crippen LogP contribution in [0.1, 0.15) is 59.8 Å². The summed E-state index contributed by atoms with van der Waals surface area (Å²) >= 11 is 0. The lowest BCUT2D eigenvalue weighted by molar-refractivity contribution is 0.244. The molecule has 0 amide bonds. The van der Waals surface area contributed by atoms with Gasteiger partial charge in [0.1, 0.15) is 5.75 Å². The molecule has 1 unspecified atom stereocenters. The topological polar surface area (TPSA) is 47.3 Å². The van der Waals surface area contributed by atoms with Crippen molar-refractivity contribution in [3.63, 3.8) is 0 Å². The van der Waals surface area contributed by atoms with Crippen LogP contribution < -0.4 is 15.8 Å². The Morgan fingerprint density at radius 2 is 1.90 bits per heavy atom. The van der Waals surface area contributed by atoms with Gasteiger partial charge in [-0.15, -0.1) is 0 Å². The minimum Gasteiger partial charge on any atom is -0.489 e. The fourth-order valence-corrected chi connectivity index (χ4v) is 2.30. The average molecular weight is 278 g/mol. The molecule has 0 radical (unpaired) electrons. The van der Waals surface area contributed by atoms with Crippen molar-refractivity contribution in [2.24, 2.45) is 0 Å². The van der Waals surface area contributed by atoms with Crippen molar-refractivity contribution in [1.29, 1.82) is 0 Å². The number of anilines is 2. The molecule has 0 aliphatic carbocycles. The molecule has 1 aromatic rings. The highest BCUT2D eigenvalue weighted by atomic mass is 16.5. The Balaban J connectivity index is 2.73. The van der Waals surface area contributed by atoms with Gasteiger partial charge < -0.3 is 15.8 Å². The molecule has 1 atom stereocenters. The van der Waals surface area contributed by atoms with E-state index in [0.29, 0.717) is 11.7 Å². The number of nitrogen functional groups attached to an aromatic ring is 1. The molecule has 3 N–H and O–H groups in total. The summed E-state index contributed by atoms with van der Waals surface area (Å²) in [5.74, 6) is 0.774. The van der Waals surface area contributed by atoms with Crippen LogP contribution in [0.15, 0.2) is 18.2 Å². The number of ether oxygens (including phenoxy) is 1. The maximum absolute atomic E-state index is 5.95. The molecule has 3 heteroatoms. The normalized spacial score (nSPS) is 12.4. The molecule has 0 aliphatic rings. The van der Waals surface area contributed by atoms with Gasteiger partial charge in [-0.1, -0.05) is 33.1 Å². The Kier molecular flexibility index (Phi) is 7.27. The summed E-state index contributed by atoms with van der Waals surface area (Å²) in [6.07, 6.45) is 6.26. The summed E-state index contributed by atoms with van der Waals surface area (Å²) in [6.45, 7) is 8.50. The number of nitrogens with two attached hydrogens (primary N) is 1. The molecule has 0 saturated heterocycles. The molecule has 0 saturated carbocycles. The van der Waals surface area contributed by atoms with E-state index < -0.39 is 0 Å². The zero-order chi connectivity index (χ0) is 15.0. The van der Waals surface area contributed by atoms with E-state index in [1.165, 1.54) is 32.1 Å². The zero-order valence-corrected chi connectivity index (χ0v) is 13.4. The molecular formula is C17H30N2O. The van der Waals surface area contributed by atoms with Crippen molar-refractivity contribution < 1.29 is 4.74 Å². The number of unbranched alkanes of at least 4 members (excludes halogenated alkanes) is 1. The van der Waals surface area contributed by atoms with E-state index in [2.05, 4.69) is 19.2 Å². The van der Waals surface area contributed by atoms with Crippen LogP contribution in [0.3, 0.4) is 0 Å². The Bertz CT molecular complexity index is 391. The molecule has 1 aromatic carbocycles. The second kappa shape index (κ2) is 8.72. The first-order valence-corrected chi connectivity index (χ1v) is 7.89. The monoisotopic (exact) mass is 278 g/mol. The lowest BCUT2D eigenvalue weighted by Crippen LogP contribution is -2.19. The summed E-state index contributed by atoms with van der Waals surface area (Å²) in [4.78, 5) is 0. The summed E-state index contributed by atoms with van der Waals surface area (Å²) in [5, 5.41) is 3.62. The van der Waals surface area contributed by atoms with E-state index in [1.807, 2.05) is 32.0 Å². The molecule has 0 heterocycles. The van der Waals surface area contributed by atoms with Crippen molar-refractivity contribution in [1.82, 2.24) is 0 Å². The maximum atomic E-state index is 5.95. The maximum Gasteiger partial charge on any atom is 0.144 e. The van der Waals surface area contributed by atoms with Crippen LogP contribution >= 0.6 is 0 Å². The van der Waals surface area contributed by atoms with E-state index in [-0.39, 0.29) is 6.10 Å². The largest absolute Gasteiger partial charge is 0.489 e. The van der Waals surface area contributed by atoms with Gasteiger partial charge in [0.2, 0.25) is 0 Å². The van der Waals surface area contributed by atoms with Gasteiger partial charge in [-0.05, 0) is 38.8 Å². The predicted octanol–water partition coefficient (Wildman–Crippen LogP) is 4.83. The number of nitrogens with one attached hydrogen (secondary N) is 1. The van der Waals surface area contributed by atoms with Crippen LogP contribution in [0.4, 0.5) is 11.4 Å². The van der Waals surface area contributed by atoms with Crippen molar-refractivity contribution in [3.8, 4) is 5.75 Å². The molecule has 1 rings (SSSR count). The van der Waals surface area contributed by atoms with Gasteiger partial charge in [-0.2, -0.15) is 0 Å². The summed E-state index contributed by atoms with van der Waals surface area (Å²) in [6, 6.07) is 6.51. The molecule has 0 bridgehead atoms. The molecule has 0 spiro atoms. The third-order valence-electron chi connectivity index (χ3n) is 3.29. The van der Waals surface area contributed by atoms with Crippen molar-refractivity contribution in [2.45, 2.75) is 71.9 Å². The van der Waals surface area contributed by atoms with E-state index in [4.69, 9.17) is 10.5 Å². The number of benzene rings is 1. The molecule has 0 fully saturated rings. The van der Waals surface area contributed by atoms with Gasteiger partial charge in [-0.25, -0.2) is 0 Å². The standard InChI is InChI=1S/C17H30N2O/c1-5-7-9-14(8-6-2)19-15-10-11-16(18)17(12-15)20-13(3)4/h10-14,19H,5-9,18H2,1-4H3. The third kappa shape index (κ3) is 5.72. The van der Waals surface area contributed by atoms with Crippen LogP contribution in [0.25, 0.3) is 0 Å². The lowest BCUT2D eigenvalue weighted by atomic mass is 10.0. The van der Waals surface area contributed by atoms with Gasteiger partial charge in [0.25, 0.3) is 0 Å². The van der Waals surface area contributed by atoms with E-state index in [0.717, 1.165) is 11.4 Å². The molecule has 114 valence electrons.